The number of para-hydroxylation sites is 1. The Kier molecular flexibility index (Phi) is 7.98. The average Bonchev–Trinajstić information content (AvgIpc) is 3.38. The number of hydrogen-bond donors (Lipinski definition) is 2. The van der Waals surface area contributed by atoms with Gasteiger partial charge in [0.25, 0.3) is 0 Å². The highest BCUT2D eigenvalue weighted by Crippen LogP contribution is 2.32. The summed E-state index contributed by atoms with van der Waals surface area (Å²) in [6.45, 7) is 8.84. The van der Waals surface area contributed by atoms with Gasteiger partial charge in [0.1, 0.15) is 34.9 Å². The molecule has 0 bridgehead atoms. The molecule has 2 fully saturated rings. The lowest BCUT2D eigenvalue weighted by molar-refractivity contribution is -0.0191. The van der Waals surface area contributed by atoms with E-state index in [1.165, 1.54) is 6.33 Å². The molecule has 43 heavy (non-hydrogen) atoms. The Morgan fingerprint density at radius 2 is 1.74 bits per heavy atom. The summed E-state index contributed by atoms with van der Waals surface area (Å²) in [6.07, 6.45) is 4.73. The van der Waals surface area contributed by atoms with Crippen LogP contribution in [0.4, 0.5) is 10.6 Å². The molecule has 0 aliphatic carbocycles. The molecule has 2 aliphatic heterocycles. The van der Waals surface area contributed by atoms with Crippen molar-refractivity contribution < 1.29 is 19.1 Å². The van der Waals surface area contributed by atoms with Crippen molar-refractivity contribution in [1.82, 2.24) is 24.8 Å². The van der Waals surface area contributed by atoms with Gasteiger partial charge in [-0.05, 0) is 57.9 Å². The van der Waals surface area contributed by atoms with Crippen LogP contribution in [0.25, 0.3) is 11.0 Å². The molecular weight excluding hydrogens is 568 g/mol. The second-order valence-electron chi connectivity index (χ2n) is 12.0. The number of anilines is 1. The largest absolute Gasteiger partial charge is 0.457 e. The van der Waals surface area contributed by atoms with Crippen LogP contribution < -0.4 is 10.1 Å². The van der Waals surface area contributed by atoms with E-state index in [1.54, 1.807) is 29.3 Å². The molecule has 2 aromatic carbocycles. The third-order valence-corrected chi connectivity index (χ3v) is 8.09. The predicted octanol–water partition coefficient (Wildman–Crippen LogP) is 6.13. The van der Waals surface area contributed by atoms with E-state index in [4.69, 9.17) is 21.1 Å². The predicted molar refractivity (Wildman–Crippen MR) is 165 cm³/mol. The zero-order chi connectivity index (χ0) is 30.1. The van der Waals surface area contributed by atoms with Gasteiger partial charge in [0.15, 0.2) is 5.78 Å². The molecule has 0 unspecified atom stereocenters. The maximum absolute atomic E-state index is 13.7. The highest BCUT2D eigenvalue weighted by molar-refractivity contribution is 6.35. The minimum Gasteiger partial charge on any atom is -0.457 e. The van der Waals surface area contributed by atoms with Crippen LogP contribution in [0.2, 0.25) is 5.02 Å². The van der Waals surface area contributed by atoms with Gasteiger partial charge < -0.3 is 24.7 Å². The van der Waals surface area contributed by atoms with Gasteiger partial charge in [-0.15, -0.1) is 0 Å². The summed E-state index contributed by atoms with van der Waals surface area (Å²) < 4.78 is 11.4. The molecule has 4 aromatic rings. The minimum atomic E-state index is -0.489. The first-order valence-corrected chi connectivity index (χ1v) is 14.9. The monoisotopic (exact) mass is 602 g/mol. The molecule has 0 radical (unpaired) electrons. The van der Waals surface area contributed by atoms with E-state index in [-0.39, 0.29) is 17.9 Å². The zero-order valence-corrected chi connectivity index (χ0v) is 25.2. The minimum absolute atomic E-state index is 0.187. The van der Waals surface area contributed by atoms with E-state index in [0.717, 1.165) is 25.9 Å². The number of ketones is 1. The number of carbonyl (C=O) groups excluding carboxylic acids is 2. The maximum atomic E-state index is 13.7. The third kappa shape index (κ3) is 6.45. The van der Waals surface area contributed by atoms with E-state index in [1.807, 2.05) is 51.1 Å². The number of nitrogens with zero attached hydrogens (tertiary/aromatic N) is 4. The van der Waals surface area contributed by atoms with Gasteiger partial charge in [0, 0.05) is 56.1 Å². The molecule has 0 saturated carbocycles. The second-order valence-corrected chi connectivity index (χ2v) is 12.4. The Labute approximate surface area is 255 Å². The highest BCUT2D eigenvalue weighted by Gasteiger charge is 2.38. The second kappa shape index (κ2) is 11.9. The van der Waals surface area contributed by atoms with Gasteiger partial charge in [-0.25, -0.2) is 14.8 Å². The standard InChI is InChI=1S/C32H35ClN6O4/c1-32(2,3)43-31(41)39-17-21(18-39)38-13-11-20(12-14-38)37-30-27-25(16-34-29(27)35-19-36-30)28(40)24-10-9-23(15-26(24)33)42-22-7-5-4-6-8-22/h4-10,15-16,19-21H,11-14,17-18H2,1-3H3,(H2,34,35,36,37). The smallest absolute Gasteiger partial charge is 0.410 e. The normalized spacial score (nSPS) is 16.6. The number of aromatic amines is 1. The fraction of sp³-hybridized carbons (Fsp3) is 0.375. The van der Waals surface area contributed by atoms with Gasteiger partial charge in [-0.3, -0.25) is 9.69 Å². The molecule has 2 aliphatic rings. The zero-order valence-electron chi connectivity index (χ0n) is 24.5. The lowest BCUT2D eigenvalue weighted by Crippen LogP contribution is -2.63. The number of piperidine rings is 1. The number of amides is 1. The number of hydrogen-bond acceptors (Lipinski definition) is 8. The molecule has 10 nitrogen and oxygen atoms in total. The van der Waals surface area contributed by atoms with Crippen molar-refractivity contribution in [3.63, 3.8) is 0 Å². The van der Waals surface area contributed by atoms with Crippen molar-refractivity contribution in [3.8, 4) is 11.5 Å². The van der Waals surface area contributed by atoms with Gasteiger partial charge in [-0.2, -0.15) is 0 Å². The molecular formula is C32H35ClN6O4. The van der Waals surface area contributed by atoms with Crippen LogP contribution in [-0.2, 0) is 4.74 Å². The molecule has 11 heteroatoms. The van der Waals surface area contributed by atoms with Crippen molar-refractivity contribution in [2.75, 3.05) is 31.5 Å². The van der Waals surface area contributed by atoms with E-state index in [2.05, 4.69) is 25.2 Å². The van der Waals surface area contributed by atoms with Crippen LogP contribution in [0.1, 0.15) is 49.5 Å². The lowest BCUT2D eigenvalue weighted by Gasteiger charge is -2.47. The fourth-order valence-corrected chi connectivity index (χ4v) is 5.78. The van der Waals surface area contributed by atoms with Crippen LogP contribution in [0.3, 0.4) is 0 Å². The Balaban J connectivity index is 1.10. The molecule has 0 spiro atoms. The van der Waals surface area contributed by atoms with Crippen LogP contribution in [-0.4, -0.2) is 80.5 Å². The molecule has 1 amide bonds. The number of halogens is 1. The van der Waals surface area contributed by atoms with Crippen LogP contribution in [0.5, 0.6) is 11.5 Å². The molecule has 0 atom stereocenters. The summed E-state index contributed by atoms with van der Waals surface area (Å²) in [4.78, 5) is 42.2. The highest BCUT2D eigenvalue weighted by atomic mass is 35.5. The summed E-state index contributed by atoms with van der Waals surface area (Å²) >= 11 is 6.57. The number of likely N-dealkylation sites (tertiary alicyclic amines) is 2. The Hall–Kier alpha value is -4.15. The van der Waals surface area contributed by atoms with Gasteiger partial charge in [0.2, 0.25) is 0 Å². The molecule has 2 saturated heterocycles. The number of benzene rings is 2. The quantitative estimate of drug-likeness (QED) is 0.243. The van der Waals surface area contributed by atoms with E-state index in [0.29, 0.717) is 63.6 Å². The molecule has 224 valence electrons. The Morgan fingerprint density at radius 1 is 1.00 bits per heavy atom. The number of aromatic nitrogens is 3. The summed E-state index contributed by atoms with van der Waals surface area (Å²) in [5.74, 6) is 1.62. The van der Waals surface area contributed by atoms with Crippen molar-refractivity contribution in [2.45, 2.75) is 51.3 Å². The van der Waals surface area contributed by atoms with Crippen molar-refractivity contribution in [1.29, 1.82) is 0 Å². The number of H-pyrrole nitrogens is 1. The summed E-state index contributed by atoms with van der Waals surface area (Å²) in [7, 11) is 0. The average molecular weight is 603 g/mol. The SMILES string of the molecule is CC(C)(C)OC(=O)N1CC(N2CCC(Nc3ncnc4[nH]cc(C(=O)c5ccc(Oc6ccccc6)cc5Cl)c34)CC2)C1. The Morgan fingerprint density at radius 3 is 2.44 bits per heavy atom. The third-order valence-electron chi connectivity index (χ3n) is 7.78. The molecule has 2 aromatic heterocycles. The van der Waals surface area contributed by atoms with E-state index < -0.39 is 5.60 Å². The number of carbonyl (C=O) groups is 2. The summed E-state index contributed by atoms with van der Waals surface area (Å²) in [6, 6.07) is 15.0. The molecule has 4 heterocycles. The number of ether oxygens (including phenoxy) is 2. The summed E-state index contributed by atoms with van der Waals surface area (Å²) in [5.41, 5.74) is 0.907. The molecule has 2 N–H and O–H groups in total. The van der Waals surface area contributed by atoms with E-state index >= 15 is 0 Å². The van der Waals surface area contributed by atoms with Gasteiger partial charge in [-0.1, -0.05) is 29.8 Å². The van der Waals surface area contributed by atoms with Crippen molar-refractivity contribution in [2.24, 2.45) is 0 Å². The molecule has 6 rings (SSSR count). The maximum Gasteiger partial charge on any atom is 0.410 e. The first-order valence-electron chi connectivity index (χ1n) is 14.5. The van der Waals surface area contributed by atoms with E-state index in [9.17, 15) is 9.59 Å². The topological polar surface area (TPSA) is 113 Å². The van der Waals surface area contributed by atoms with Crippen LogP contribution in [0.15, 0.2) is 61.1 Å². The van der Waals surface area contributed by atoms with Gasteiger partial charge >= 0.3 is 6.09 Å². The number of fused-ring (bicyclic) bond motifs is 1. The number of rotatable bonds is 7. The fourth-order valence-electron chi connectivity index (χ4n) is 5.53. The van der Waals surface area contributed by atoms with Crippen LogP contribution >= 0.6 is 11.6 Å². The number of nitrogens with one attached hydrogen (secondary N) is 2. The Bertz CT molecular complexity index is 1620. The lowest BCUT2D eigenvalue weighted by atomic mass is 9.99. The summed E-state index contributed by atoms with van der Waals surface area (Å²) in [5, 5.41) is 4.51. The van der Waals surface area contributed by atoms with Crippen LogP contribution in [0, 0.1) is 0 Å². The van der Waals surface area contributed by atoms with Gasteiger partial charge in [0.05, 0.1) is 16.0 Å². The first-order chi connectivity index (χ1) is 20.6. The van der Waals surface area contributed by atoms with Crippen molar-refractivity contribution >= 4 is 40.3 Å². The first kappa shape index (κ1) is 28.9. The van der Waals surface area contributed by atoms with Crippen molar-refractivity contribution in [3.05, 3.63) is 77.2 Å².